The fourth-order valence-electron chi connectivity index (χ4n) is 3.68. The van der Waals surface area contributed by atoms with Crippen LogP contribution < -0.4 is 4.74 Å². The summed E-state index contributed by atoms with van der Waals surface area (Å²) < 4.78 is 8.17. The second kappa shape index (κ2) is 7.96. The van der Waals surface area contributed by atoms with Crippen molar-refractivity contribution in [2.24, 2.45) is 0 Å². The van der Waals surface area contributed by atoms with Gasteiger partial charge in [-0.05, 0) is 53.8 Å². The average Bonchev–Trinajstić information content (AvgIpc) is 3.12. The van der Waals surface area contributed by atoms with Crippen LogP contribution in [0, 0.1) is 6.92 Å². The summed E-state index contributed by atoms with van der Waals surface area (Å²) in [6.45, 7) is 6.89. The van der Waals surface area contributed by atoms with Crippen molar-refractivity contribution in [1.29, 1.82) is 0 Å². The molecule has 0 amide bonds. The van der Waals surface area contributed by atoms with Gasteiger partial charge < -0.3 is 9.14 Å². The molecule has 0 saturated heterocycles. The summed E-state index contributed by atoms with van der Waals surface area (Å²) in [6, 6.07) is 22.5. The second-order valence-electron chi connectivity index (χ2n) is 7.69. The molecule has 0 radical (unpaired) electrons. The third-order valence-electron chi connectivity index (χ3n) is 5.37. The van der Waals surface area contributed by atoms with Gasteiger partial charge in [-0.25, -0.2) is 0 Å². The van der Waals surface area contributed by atoms with Gasteiger partial charge >= 0.3 is 0 Å². The van der Waals surface area contributed by atoms with E-state index in [0.29, 0.717) is 18.2 Å². The molecule has 0 fully saturated rings. The smallest absolute Gasteiger partial charge is 0.167 e. The van der Waals surface area contributed by atoms with Crippen LogP contribution in [0.2, 0.25) is 0 Å². The lowest BCUT2D eigenvalue weighted by atomic mass is 9.96. The average molecular weight is 383 g/mol. The zero-order valence-corrected chi connectivity index (χ0v) is 17.1. The maximum atomic E-state index is 12.0. The van der Waals surface area contributed by atoms with Gasteiger partial charge in [0.25, 0.3) is 0 Å². The van der Waals surface area contributed by atoms with Crippen LogP contribution >= 0.6 is 0 Å². The molecule has 0 bridgehead atoms. The van der Waals surface area contributed by atoms with E-state index in [-0.39, 0.29) is 0 Å². The molecule has 4 rings (SSSR count). The van der Waals surface area contributed by atoms with Gasteiger partial charge in [0, 0.05) is 22.8 Å². The van der Waals surface area contributed by atoms with Gasteiger partial charge in [0.05, 0.1) is 5.69 Å². The minimum atomic E-state index is 0.385. The number of aldehydes is 1. The van der Waals surface area contributed by atoms with Crippen LogP contribution in [0.25, 0.3) is 16.6 Å². The normalized spacial score (nSPS) is 11.2. The maximum absolute atomic E-state index is 12.0. The third kappa shape index (κ3) is 3.68. The highest BCUT2D eigenvalue weighted by Gasteiger charge is 2.18. The van der Waals surface area contributed by atoms with Crippen LogP contribution in [-0.2, 0) is 6.61 Å². The molecule has 0 aliphatic heterocycles. The first-order valence-corrected chi connectivity index (χ1v) is 9.95. The quantitative estimate of drug-likeness (QED) is 0.359. The molecule has 2 heterocycles. The topological polar surface area (TPSA) is 30.7 Å². The maximum Gasteiger partial charge on any atom is 0.167 e. The van der Waals surface area contributed by atoms with Crippen LogP contribution in [0.5, 0.6) is 5.75 Å². The van der Waals surface area contributed by atoms with E-state index in [1.54, 1.807) is 0 Å². The fourth-order valence-corrected chi connectivity index (χ4v) is 3.68. The Morgan fingerprint density at radius 2 is 1.76 bits per heavy atom. The lowest BCUT2D eigenvalue weighted by Crippen LogP contribution is -1.99. The highest BCUT2D eigenvalue weighted by Crippen LogP contribution is 2.37. The number of carbonyl (C=O) groups is 1. The van der Waals surface area contributed by atoms with E-state index < -0.39 is 0 Å². The van der Waals surface area contributed by atoms with Crippen molar-refractivity contribution in [2.45, 2.75) is 33.3 Å². The van der Waals surface area contributed by atoms with Crippen molar-refractivity contribution < 1.29 is 9.53 Å². The summed E-state index contributed by atoms with van der Waals surface area (Å²) in [4.78, 5) is 12.0. The van der Waals surface area contributed by atoms with Crippen molar-refractivity contribution in [3.8, 4) is 16.9 Å². The van der Waals surface area contributed by atoms with E-state index in [9.17, 15) is 4.79 Å². The van der Waals surface area contributed by atoms with Gasteiger partial charge in [0.1, 0.15) is 12.4 Å². The molecule has 146 valence electrons. The predicted octanol–water partition coefficient (Wildman–Crippen LogP) is 6.43. The van der Waals surface area contributed by atoms with E-state index in [0.717, 1.165) is 39.8 Å². The summed E-state index contributed by atoms with van der Waals surface area (Å²) in [5.41, 5.74) is 7.00. The molecule has 0 saturated carbocycles. The first-order valence-electron chi connectivity index (χ1n) is 9.95. The van der Waals surface area contributed by atoms with Gasteiger partial charge in [-0.2, -0.15) is 0 Å². The summed E-state index contributed by atoms with van der Waals surface area (Å²) in [7, 11) is 0. The van der Waals surface area contributed by atoms with Crippen LogP contribution in [-0.4, -0.2) is 10.7 Å². The van der Waals surface area contributed by atoms with Crippen molar-refractivity contribution >= 4 is 11.8 Å². The lowest BCUT2D eigenvalue weighted by molar-refractivity contribution is 0.111. The minimum absolute atomic E-state index is 0.385. The van der Waals surface area contributed by atoms with Gasteiger partial charge in [0.15, 0.2) is 6.29 Å². The first kappa shape index (κ1) is 19.0. The molecule has 3 heteroatoms. The van der Waals surface area contributed by atoms with Gasteiger partial charge in [0.2, 0.25) is 0 Å². The zero-order valence-electron chi connectivity index (χ0n) is 17.1. The van der Waals surface area contributed by atoms with Gasteiger partial charge in [-0.1, -0.05) is 56.3 Å². The number of benzene rings is 2. The van der Waals surface area contributed by atoms with Crippen LogP contribution in [0.3, 0.4) is 0 Å². The Labute approximate surface area is 171 Å². The van der Waals surface area contributed by atoms with Crippen LogP contribution in [0.4, 0.5) is 0 Å². The molecule has 0 unspecified atom stereocenters. The van der Waals surface area contributed by atoms with Gasteiger partial charge in [-0.3, -0.25) is 4.79 Å². The molecule has 3 nitrogen and oxygen atoms in total. The summed E-state index contributed by atoms with van der Waals surface area (Å²) in [5, 5.41) is 0. The lowest BCUT2D eigenvalue weighted by Gasteiger charge is -2.15. The molecule has 0 atom stereocenters. The molecule has 2 aromatic carbocycles. The Balaban J connectivity index is 1.85. The summed E-state index contributed by atoms with van der Waals surface area (Å²) >= 11 is 0. The Morgan fingerprint density at radius 3 is 2.48 bits per heavy atom. The number of aryl methyl sites for hydroxylation is 1. The van der Waals surface area contributed by atoms with Crippen molar-refractivity contribution in [2.75, 3.05) is 0 Å². The van der Waals surface area contributed by atoms with Crippen LogP contribution in [0.1, 0.15) is 46.9 Å². The predicted molar refractivity (Wildman–Crippen MR) is 118 cm³/mol. The zero-order chi connectivity index (χ0) is 20.4. The van der Waals surface area contributed by atoms with Crippen molar-refractivity contribution in [3.63, 3.8) is 0 Å². The molecule has 0 aliphatic carbocycles. The SMILES string of the molecule is Cc1cccn2c(C=O)c(-c3cc(C(C)C)ccc3OCc3ccccc3)cc12. The third-order valence-corrected chi connectivity index (χ3v) is 5.37. The highest BCUT2D eigenvalue weighted by atomic mass is 16.5. The van der Waals surface area contributed by atoms with Gasteiger partial charge in [-0.15, -0.1) is 0 Å². The monoisotopic (exact) mass is 383 g/mol. The molecular weight excluding hydrogens is 358 g/mol. The number of ether oxygens (including phenoxy) is 1. The molecule has 29 heavy (non-hydrogen) atoms. The summed E-state index contributed by atoms with van der Waals surface area (Å²) in [6.07, 6.45) is 2.87. The molecule has 2 aromatic heterocycles. The number of pyridine rings is 1. The van der Waals surface area contributed by atoms with E-state index in [4.69, 9.17) is 4.74 Å². The minimum Gasteiger partial charge on any atom is -0.488 e. The standard InChI is InChI=1S/C26H25NO2/c1-18(2)21-11-12-26(29-17-20-9-5-4-6-10-20)23(14-21)22-15-24-19(3)8-7-13-27(24)25(22)16-28/h4-16,18H,17H2,1-3H3. The molecular formula is C26H25NO2. The van der Waals surface area contributed by atoms with Crippen LogP contribution in [0.15, 0.2) is 72.9 Å². The highest BCUT2D eigenvalue weighted by molar-refractivity contribution is 5.92. The fraction of sp³-hybridized carbons (Fsp3) is 0.192. The van der Waals surface area contributed by atoms with E-state index in [2.05, 4.69) is 57.2 Å². The Morgan fingerprint density at radius 1 is 0.966 bits per heavy atom. The van der Waals surface area contributed by atoms with E-state index >= 15 is 0 Å². The Hall–Kier alpha value is -3.33. The second-order valence-corrected chi connectivity index (χ2v) is 7.69. The first-order chi connectivity index (χ1) is 14.1. The number of carbonyl (C=O) groups excluding carboxylic acids is 1. The number of aromatic nitrogens is 1. The number of nitrogens with zero attached hydrogens (tertiary/aromatic N) is 1. The van der Waals surface area contributed by atoms with E-state index in [1.165, 1.54) is 5.56 Å². The largest absolute Gasteiger partial charge is 0.488 e. The Bertz CT molecular complexity index is 1160. The number of hydrogen-bond donors (Lipinski definition) is 0. The summed E-state index contributed by atoms with van der Waals surface area (Å²) in [5.74, 6) is 1.17. The van der Waals surface area contributed by atoms with Crippen molar-refractivity contribution in [3.05, 3.63) is 95.3 Å². The molecule has 4 aromatic rings. The molecule has 0 spiro atoms. The van der Waals surface area contributed by atoms with E-state index in [1.807, 2.05) is 40.9 Å². The number of fused-ring (bicyclic) bond motifs is 1. The molecule has 0 aliphatic rings. The molecule has 0 N–H and O–H groups in total. The number of rotatable bonds is 6. The number of hydrogen-bond acceptors (Lipinski definition) is 2. The van der Waals surface area contributed by atoms with Crippen molar-refractivity contribution in [1.82, 2.24) is 4.40 Å². The Kier molecular flexibility index (Phi) is 5.22.